The molecule has 2 nitrogen and oxygen atoms in total. The molecule has 0 bridgehead atoms. The first-order chi connectivity index (χ1) is 8.52. The molecule has 18 heavy (non-hydrogen) atoms. The number of likely N-dealkylation sites (N-methyl/N-ethyl adjacent to an activating group) is 1. The second-order valence-corrected chi connectivity index (χ2v) is 5.27. The first-order valence-electron chi connectivity index (χ1n) is 6.94. The van der Waals surface area contributed by atoms with Crippen LogP contribution in [-0.2, 0) is 11.2 Å². The molecule has 0 amide bonds. The Morgan fingerprint density at radius 3 is 2.56 bits per heavy atom. The van der Waals surface area contributed by atoms with Crippen molar-refractivity contribution in [3.63, 3.8) is 0 Å². The van der Waals surface area contributed by atoms with Crippen LogP contribution in [-0.4, -0.2) is 25.3 Å². The van der Waals surface area contributed by atoms with Gasteiger partial charge in [-0.25, -0.2) is 0 Å². The van der Waals surface area contributed by atoms with Crippen LogP contribution in [0, 0.1) is 13.8 Å². The Bertz CT molecular complexity index is 360. The Labute approximate surface area is 112 Å². The summed E-state index contributed by atoms with van der Waals surface area (Å²) in [7, 11) is 0. The Kier molecular flexibility index (Phi) is 6.37. The highest BCUT2D eigenvalue weighted by molar-refractivity contribution is 5.31. The molecule has 1 atom stereocenters. The van der Waals surface area contributed by atoms with Gasteiger partial charge in [0.1, 0.15) is 0 Å². The van der Waals surface area contributed by atoms with Crippen molar-refractivity contribution in [1.82, 2.24) is 5.32 Å². The Morgan fingerprint density at radius 2 is 1.94 bits per heavy atom. The van der Waals surface area contributed by atoms with Crippen molar-refractivity contribution in [2.45, 2.75) is 53.2 Å². The normalized spacial score (nSPS) is 13.0. The van der Waals surface area contributed by atoms with Crippen LogP contribution in [0.25, 0.3) is 0 Å². The van der Waals surface area contributed by atoms with Gasteiger partial charge in [0.25, 0.3) is 0 Å². The lowest BCUT2D eigenvalue weighted by atomic mass is 9.99. The fourth-order valence-electron chi connectivity index (χ4n) is 2.07. The average Bonchev–Trinajstić information content (AvgIpc) is 2.31. The number of hydrogen-bond donors (Lipinski definition) is 1. The molecule has 0 saturated heterocycles. The van der Waals surface area contributed by atoms with Crippen LogP contribution in [0.15, 0.2) is 18.2 Å². The SMILES string of the molecule is CCNC(COC(C)C)Cc1cc(C)ccc1C. The molecule has 0 aliphatic heterocycles. The van der Waals surface area contributed by atoms with Crippen LogP contribution in [0.4, 0.5) is 0 Å². The lowest BCUT2D eigenvalue weighted by Crippen LogP contribution is -2.36. The number of rotatable bonds is 7. The van der Waals surface area contributed by atoms with Gasteiger partial charge in [-0.05, 0) is 51.8 Å². The number of aryl methyl sites for hydroxylation is 2. The fraction of sp³-hybridized carbons (Fsp3) is 0.625. The summed E-state index contributed by atoms with van der Waals surface area (Å²) in [4.78, 5) is 0. The maximum absolute atomic E-state index is 5.74. The minimum Gasteiger partial charge on any atom is -0.377 e. The molecule has 0 aromatic heterocycles. The molecule has 1 rings (SSSR count). The Hall–Kier alpha value is -0.860. The van der Waals surface area contributed by atoms with Gasteiger partial charge in [0.15, 0.2) is 0 Å². The summed E-state index contributed by atoms with van der Waals surface area (Å²) in [5.74, 6) is 0. The van der Waals surface area contributed by atoms with Gasteiger partial charge in [-0.3, -0.25) is 0 Å². The summed E-state index contributed by atoms with van der Waals surface area (Å²) in [5.41, 5.74) is 4.12. The molecular formula is C16H27NO. The zero-order chi connectivity index (χ0) is 13.5. The third-order valence-electron chi connectivity index (χ3n) is 3.09. The molecule has 102 valence electrons. The smallest absolute Gasteiger partial charge is 0.0626 e. The molecule has 0 spiro atoms. The number of nitrogens with one attached hydrogen (secondary N) is 1. The predicted octanol–water partition coefficient (Wildman–Crippen LogP) is 3.25. The Balaban J connectivity index is 2.66. The highest BCUT2D eigenvalue weighted by Crippen LogP contribution is 2.13. The highest BCUT2D eigenvalue weighted by Gasteiger charge is 2.11. The third-order valence-corrected chi connectivity index (χ3v) is 3.09. The minimum absolute atomic E-state index is 0.296. The van der Waals surface area contributed by atoms with Gasteiger partial charge < -0.3 is 10.1 Å². The maximum Gasteiger partial charge on any atom is 0.0626 e. The lowest BCUT2D eigenvalue weighted by Gasteiger charge is -2.20. The first kappa shape index (κ1) is 15.2. The summed E-state index contributed by atoms with van der Waals surface area (Å²) in [6.07, 6.45) is 1.33. The monoisotopic (exact) mass is 249 g/mol. The quantitative estimate of drug-likeness (QED) is 0.801. The topological polar surface area (TPSA) is 21.3 Å². The summed E-state index contributed by atoms with van der Waals surface area (Å²) in [5, 5.41) is 3.51. The third kappa shape index (κ3) is 5.19. The van der Waals surface area contributed by atoms with E-state index in [0.29, 0.717) is 12.1 Å². The molecule has 0 aliphatic rings. The standard InChI is InChI=1S/C16H27NO/c1-6-17-16(11-18-12(2)3)10-15-9-13(4)7-8-14(15)5/h7-9,12,16-17H,6,10-11H2,1-5H3. The van der Waals surface area contributed by atoms with Crippen LogP contribution in [0.1, 0.15) is 37.5 Å². The van der Waals surface area contributed by atoms with Crippen molar-refractivity contribution in [3.8, 4) is 0 Å². The van der Waals surface area contributed by atoms with Crippen molar-refractivity contribution in [1.29, 1.82) is 0 Å². The first-order valence-corrected chi connectivity index (χ1v) is 6.94. The van der Waals surface area contributed by atoms with Crippen LogP contribution < -0.4 is 5.32 Å². The summed E-state index contributed by atoms with van der Waals surface area (Å²) in [6, 6.07) is 7.07. The molecule has 1 aromatic rings. The van der Waals surface area contributed by atoms with Crippen LogP contribution >= 0.6 is 0 Å². The summed E-state index contributed by atoms with van der Waals surface area (Å²) < 4.78 is 5.74. The highest BCUT2D eigenvalue weighted by atomic mass is 16.5. The van der Waals surface area contributed by atoms with Gasteiger partial charge in [-0.15, -0.1) is 0 Å². The van der Waals surface area contributed by atoms with Gasteiger partial charge in [0.05, 0.1) is 12.7 Å². The largest absolute Gasteiger partial charge is 0.377 e. The molecule has 0 saturated carbocycles. The van der Waals surface area contributed by atoms with Gasteiger partial charge in [0, 0.05) is 6.04 Å². The van der Waals surface area contributed by atoms with Crippen molar-refractivity contribution in [2.75, 3.05) is 13.2 Å². The second-order valence-electron chi connectivity index (χ2n) is 5.27. The van der Waals surface area contributed by atoms with Crippen LogP contribution in [0.2, 0.25) is 0 Å². The van der Waals surface area contributed by atoms with E-state index in [0.717, 1.165) is 19.6 Å². The fourth-order valence-corrected chi connectivity index (χ4v) is 2.07. The average molecular weight is 249 g/mol. The molecule has 1 aromatic carbocycles. The lowest BCUT2D eigenvalue weighted by molar-refractivity contribution is 0.0616. The molecule has 0 radical (unpaired) electrons. The molecule has 0 heterocycles. The van der Waals surface area contributed by atoms with E-state index in [2.05, 4.69) is 58.1 Å². The van der Waals surface area contributed by atoms with E-state index in [4.69, 9.17) is 4.74 Å². The van der Waals surface area contributed by atoms with Crippen molar-refractivity contribution < 1.29 is 4.74 Å². The molecule has 1 unspecified atom stereocenters. The van der Waals surface area contributed by atoms with Crippen LogP contribution in [0.5, 0.6) is 0 Å². The van der Waals surface area contributed by atoms with Gasteiger partial charge in [-0.2, -0.15) is 0 Å². The second kappa shape index (κ2) is 7.55. The zero-order valence-corrected chi connectivity index (χ0v) is 12.4. The van der Waals surface area contributed by atoms with Gasteiger partial charge in [-0.1, -0.05) is 30.7 Å². The number of benzene rings is 1. The van der Waals surface area contributed by atoms with Crippen LogP contribution in [0.3, 0.4) is 0 Å². The molecule has 1 N–H and O–H groups in total. The van der Waals surface area contributed by atoms with E-state index in [1.807, 2.05) is 0 Å². The van der Waals surface area contributed by atoms with Crippen molar-refractivity contribution in [2.24, 2.45) is 0 Å². The molecular weight excluding hydrogens is 222 g/mol. The van der Waals surface area contributed by atoms with Gasteiger partial charge >= 0.3 is 0 Å². The van der Waals surface area contributed by atoms with E-state index in [9.17, 15) is 0 Å². The minimum atomic E-state index is 0.296. The van der Waals surface area contributed by atoms with Crippen molar-refractivity contribution in [3.05, 3.63) is 34.9 Å². The predicted molar refractivity (Wildman–Crippen MR) is 78.2 cm³/mol. The molecule has 0 fully saturated rings. The summed E-state index contributed by atoms with van der Waals surface area (Å²) in [6.45, 7) is 12.4. The van der Waals surface area contributed by atoms with Gasteiger partial charge in [0.2, 0.25) is 0 Å². The number of ether oxygens (including phenoxy) is 1. The van der Waals surface area contributed by atoms with E-state index in [-0.39, 0.29) is 0 Å². The van der Waals surface area contributed by atoms with E-state index >= 15 is 0 Å². The zero-order valence-electron chi connectivity index (χ0n) is 12.4. The molecule has 2 heteroatoms. The van der Waals surface area contributed by atoms with E-state index in [1.165, 1.54) is 16.7 Å². The number of hydrogen-bond acceptors (Lipinski definition) is 2. The maximum atomic E-state index is 5.74. The van der Waals surface area contributed by atoms with Crippen molar-refractivity contribution >= 4 is 0 Å². The van der Waals surface area contributed by atoms with E-state index < -0.39 is 0 Å². The molecule has 0 aliphatic carbocycles. The van der Waals surface area contributed by atoms with E-state index in [1.54, 1.807) is 0 Å². The summed E-state index contributed by atoms with van der Waals surface area (Å²) >= 11 is 0. The Morgan fingerprint density at radius 1 is 1.22 bits per heavy atom.